The van der Waals surface area contributed by atoms with Crippen molar-refractivity contribution in [1.82, 2.24) is 5.32 Å². The highest BCUT2D eigenvalue weighted by atomic mass is 16.5. The molecule has 0 radical (unpaired) electrons. The third kappa shape index (κ3) is 5.08. The van der Waals surface area contributed by atoms with E-state index in [-0.39, 0.29) is 11.9 Å². The predicted octanol–water partition coefficient (Wildman–Crippen LogP) is 3.51. The first kappa shape index (κ1) is 16.3. The summed E-state index contributed by atoms with van der Waals surface area (Å²) in [5.74, 6) is 1.61. The summed E-state index contributed by atoms with van der Waals surface area (Å²) in [5, 5.41) is 3.06. The molecule has 3 nitrogen and oxygen atoms in total. The summed E-state index contributed by atoms with van der Waals surface area (Å²) < 4.78 is 5.10. The van der Waals surface area contributed by atoms with Crippen LogP contribution in [0.2, 0.25) is 0 Å². The fraction of sp³-hybridized carbons (Fsp3) is 0.471. The van der Waals surface area contributed by atoms with Crippen LogP contribution in [0.5, 0.6) is 5.75 Å². The number of carbonyl (C=O) groups is 1. The maximum absolute atomic E-state index is 11.9. The van der Waals surface area contributed by atoms with Crippen molar-refractivity contribution < 1.29 is 9.53 Å². The fourth-order valence-corrected chi connectivity index (χ4v) is 2.20. The second-order valence-corrected chi connectivity index (χ2v) is 5.63. The van der Waals surface area contributed by atoms with Crippen LogP contribution in [-0.4, -0.2) is 19.1 Å². The Labute approximate surface area is 122 Å². The Morgan fingerprint density at radius 3 is 2.10 bits per heavy atom. The molecular formula is C17H25NO2. The lowest BCUT2D eigenvalue weighted by Gasteiger charge is -2.25. The molecule has 0 heterocycles. The zero-order valence-electron chi connectivity index (χ0n) is 13.0. The van der Waals surface area contributed by atoms with Gasteiger partial charge >= 0.3 is 0 Å². The molecule has 1 amide bonds. The van der Waals surface area contributed by atoms with Crippen molar-refractivity contribution in [2.75, 3.05) is 7.11 Å². The van der Waals surface area contributed by atoms with E-state index in [0.29, 0.717) is 11.8 Å². The Morgan fingerprint density at radius 2 is 1.65 bits per heavy atom. The number of benzene rings is 1. The molecule has 20 heavy (non-hydrogen) atoms. The van der Waals surface area contributed by atoms with Gasteiger partial charge in [0.2, 0.25) is 5.91 Å². The van der Waals surface area contributed by atoms with Gasteiger partial charge in [0.25, 0.3) is 0 Å². The third-order valence-electron chi connectivity index (χ3n) is 3.29. The molecule has 1 aromatic carbocycles. The molecule has 0 atom stereocenters. The maximum atomic E-state index is 11.9. The highest BCUT2D eigenvalue weighted by Gasteiger charge is 2.18. The number of carbonyl (C=O) groups excluding carboxylic acids is 1. The highest BCUT2D eigenvalue weighted by molar-refractivity contribution is 5.91. The van der Waals surface area contributed by atoms with Crippen LogP contribution in [-0.2, 0) is 4.79 Å². The summed E-state index contributed by atoms with van der Waals surface area (Å²) in [6.45, 7) is 8.49. The second-order valence-electron chi connectivity index (χ2n) is 5.63. The first-order valence-electron chi connectivity index (χ1n) is 7.06. The zero-order valence-corrected chi connectivity index (χ0v) is 13.0. The van der Waals surface area contributed by atoms with Crippen molar-refractivity contribution in [2.24, 2.45) is 11.8 Å². The van der Waals surface area contributed by atoms with E-state index in [4.69, 9.17) is 4.74 Å². The quantitative estimate of drug-likeness (QED) is 0.807. The van der Waals surface area contributed by atoms with Gasteiger partial charge in [-0.3, -0.25) is 4.79 Å². The summed E-state index contributed by atoms with van der Waals surface area (Å²) in [7, 11) is 1.64. The van der Waals surface area contributed by atoms with Crippen molar-refractivity contribution in [1.29, 1.82) is 0 Å². The number of hydrogen-bond donors (Lipinski definition) is 1. The molecule has 0 saturated carbocycles. The van der Waals surface area contributed by atoms with Crippen LogP contribution < -0.4 is 10.1 Å². The molecule has 0 aliphatic carbocycles. The first-order valence-corrected chi connectivity index (χ1v) is 7.06. The van der Waals surface area contributed by atoms with E-state index in [0.717, 1.165) is 11.3 Å². The van der Waals surface area contributed by atoms with Gasteiger partial charge in [-0.25, -0.2) is 0 Å². The minimum atomic E-state index is -0.0479. The average molecular weight is 275 g/mol. The van der Waals surface area contributed by atoms with Gasteiger partial charge in [0, 0.05) is 12.1 Å². The molecule has 110 valence electrons. The van der Waals surface area contributed by atoms with Crippen LogP contribution in [0.15, 0.2) is 30.3 Å². The Kier molecular flexibility index (Phi) is 6.29. The number of rotatable bonds is 6. The lowest BCUT2D eigenvalue weighted by molar-refractivity contribution is -0.117. The Hall–Kier alpha value is -1.77. The molecule has 0 fully saturated rings. The zero-order chi connectivity index (χ0) is 15.1. The molecule has 0 saturated heterocycles. The fourth-order valence-electron chi connectivity index (χ4n) is 2.20. The van der Waals surface area contributed by atoms with Crippen LogP contribution in [0.4, 0.5) is 0 Å². The van der Waals surface area contributed by atoms with Gasteiger partial charge in [-0.2, -0.15) is 0 Å². The van der Waals surface area contributed by atoms with E-state index in [9.17, 15) is 4.79 Å². The van der Waals surface area contributed by atoms with Gasteiger partial charge in [0.15, 0.2) is 0 Å². The Bertz CT molecular complexity index is 439. The summed E-state index contributed by atoms with van der Waals surface area (Å²) in [6, 6.07) is 7.80. The molecule has 3 heteroatoms. The third-order valence-corrected chi connectivity index (χ3v) is 3.29. The number of ether oxygens (including phenoxy) is 1. The number of hydrogen-bond acceptors (Lipinski definition) is 2. The SMILES string of the molecule is COc1ccc(C=CC(=O)NC(C(C)C)C(C)C)cc1. The van der Waals surface area contributed by atoms with Gasteiger partial charge in [-0.1, -0.05) is 39.8 Å². The Morgan fingerprint density at radius 1 is 1.10 bits per heavy atom. The van der Waals surface area contributed by atoms with Crippen LogP contribution in [0.25, 0.3) is 6.08 Å². The molecule has 0 spiro atoms. The molecule has 0 bridgehead atoms. The highest BCUT2D eigenvalue weighted by Crippen LogP contribution is 2.13. The average Bonchev–Trinajstić information content (AvgIpc) is 2.42. The minimum Gasteiger partial charge on any atom is -0.497 e. The van der Waals surface area contributed by atoms with Crippen LogP contribution >= 0.6 is 0 Å². The van der Waals surface area contributed by atoms with Crippen molar-refractivity contribution in [2.45, 2.75) is 33.7 Å². The van der Waals surface area contributed by atoms with E-state index < -0.39 is 0 Å². The molecule has 1 rings (SSSR count). The van der Waals surface area contributed by atoms with E-state index in [1.807, 2.05) is 30.3 Å². The summed E-state index contributed by atoms with van der Waals surface area (Å²) in [5.41, 5.74) is 0.978. The molecule has 0 aliphatic heterocycles. The normalized spacial score (nSPS) is 11.6. The summed E-state index contributed by atoms with van der Waals surface area (Å²) in [6.07, 6.45) is 3.39. The van der Waals surface area contributed by atoms with Gasteiger partial charge in [0.05, 0.1) is 7.11 Å². The molecule has 1 aromatic rings. The summed E-state index contributed by atoms with van der Waals surface area (Å²) in [4.78, 5) is 11.9. The van der Waals surface area contributed by atoms with E-state index in [1.165, 1.54) is 0 Å². The largest absolute Gasteiger partial charge is 0.497 e. The smallest absolute Gasteiger partial charge is 0.244 e. The topological polar surface area (TPSA) is 38.3 Å². The minimum absolute atomic E-state index is 0.0479. The van der Waals surface area contributed by atoms with Crippen molar-refractivity contribution in [3.05, 3.63) is 35.9 Å². The first-order chi connectivity index (χ1) is 9.43. The predicted molar refractivity (Wildman–Crippen MR) is 83.6 cm³/mol. The van der Waals surface area contributed by atoms with Crippen molar-refractivity contribution in [3.8, 4) is 5.75 Å². The van der Waals surface area contributed by atoms with Crippen LogP contribution in [0.3, 0.4) is 0 Å². The van der Waals surface area contributed by atoms with Crippen LogP contribution in [0.1, 0.15) is 33.3 Å². The molecule has 0 aromatic heterocycles. The van der Waals surface area contributed by atoms with E-state index >= 15 is 0 Å². The number of methoxy groups -OCH3 is 1. The lowest BCUT2D eigenvalue weighted by Crippen LogP contribution is -2.41. The number of nitrogens with one attached hydrogen (secondary N) is 1. The Balaban J connectivity index is 2.62. The van der Waals surface area contributed by atoms with Gasteiger partial charge in [0.1, 0.15) is 5.75 Å². The van der Waals surface area contributed by atoms with Gasteiger partial charge in [-0.05, 0) is 35.6 Å². The molecular weight excluding hydrogens is 250 g/mol. The lowest BCUT2D eigenvalue weighted by atomic mass is 9.93. The van der Waals surface area contributed by atoms with Crippen molar-refractivity contribution >= 4 is 12.0 Å². The molecule has 0 unspecified atom stereocenters. The van der Waals surface area contributed by atoms with E-state index in [1.54, 1.807) is 13.2 Å². The molecule has 1 N–H and O–H groups in total. The van der Waals surface area contributed by atoms with Crippen molar-refractivity contribution in [3.63, 3.8) is 0 Å². The van der Waals surface area contributed by atoms with Crippen LogP contribution in [0, 0.1) is 11.8 Å². The molecule has 0 aliphatic rings. The summed E-state index contributed by atoms with van der Waals surface area (Å²) >= 11 is 0. The second kappa shape index (κ2) is 7.73. The standard InChI is InChI=1S/C17H25NO2/c1-12(2)17(13(3)4)18-16(19)11-8-14-6-9-15(20-5)10-7-14/h6-13,17H,1-5H3,(H,18,19). The number of amides is 1. The van der Waals surface area contributed by atoms with Gasteiger partial charge in [-0.15, -0.1) is 0 Å². The monoisotopic (exact) mass is 275 g/mol. The maximum Gasteiger partial charge on any atom is 0.244 e. The van der Waals surface area contributed by atoms with E-state index in [2.05, 4.69) is 33.0 Å². The van der Waals surface area contributed by atoms with Gasteiger partial charge < -0.3 is 10.1 Å².